The maximum Gasteiger partial charge on any atom is 0.0340 e. The summed E-state index contributed by atoms with van der Waals surface area (Å²) < 4.78 is 0. The van der Waals surface area contributed by atoms with E-state index in [1.54, 1.807) is 0 Å². The summed E-state index contributed by atoms with van der Waals surface area (Å²) in [4.78, 5) is 0. The Kier molecular flexibility index (Phi) is 3.99. The molecule has 0 aliphatic rings. The van der Waals surface area contributed by atoms with Crippen molar-refractivity contribution < 1.29 is 1.43 Å². The van der Waals surface area contributed by atoms with Crippen LogP contribution in [-0.4, -0.2) is 0 Å². The first-order chi connectivity index (χ1) is 5.79. The molecule has 0 aromatic rings. The molecular weight excluding hydrogens is 158 g/mol. The SMILES string of the molecule is C=C(C)/C(N)=C\C(=C/C)C(C)(C)C.[HH]. The van der Waals surface area contributed by atoms with Gasteiger partial charge >= 0.3 is 0 Å². The van der Waals surface area contributed by atoms with E-state index in [0.29, 0.717) is 0 Å². The smallest absolute Gasteiger partial charge is 0.0340 e. The summed E-state index contributed by atoms with van der Waals surface area (Å²) in [5.41, 5.74) is 8.89. The largest absolute Gasteiger partial charge is 0.399 e. The first kappa shape index (κ1) is 12.0. The fraction of sp³-hybridized carbons (Fsp3) is 0.500. The van der Waals surface area contributed by atoms with Gasteiger partial charge < -0.3 is 5.73 Å². The lowest BCUT2D eigenvalue weighted by atomic mass is 9.85. The summed E-state index contributed by atoms with van der Waals surface area (Å²) in [7, 11) is 0. The van der Waals surface area contributed by atoms with Crippen LogP contribution in [0.2, 0.25) is 0 Å². The molecule has 13 heavy (non-hydrogen) atoms. The van der Waals surface area contributed by atoms with E-state index in [2.05, 4.69) is 33.4 Å². The van der Waals surface area contributed by atoms with E-state index in [1.807, 2.05) is 19.9 Å². The van der Waals surface area contributed by atoms with Crippen LogP contribution in [0.3, 0.4) is 0 Å². The van der Waals surface area contributed by atoms with Gasteiger partial charge in [0.15, 0.2) is 0 Å². The van der Waals surface area contributed by atoms with Gasteiger partial charge in [-0.2, -0.15) is 0 Å². The lowest BCUT2D eigenvalue weighted by Gasteiger charge is -2.20. The Bertz CT molecular complexity index is 254. The number of hydrogen-bond acceptors (Lipinski definition) is 1. The fourth-order valence-electron chi connectivity index (χ4n) is 1.02. The van der Waals surface area contributed by atoms with Crippen LogP contribution >= 0.6 is 0 Å². The molecule has 0 fully saturated rings. The third-order valence-corrected chi connectivity index (χ3v) is 1.98. The maximum atomic E-state index is 5.81. The molecule has 0 spiro atoms. The van der Waals surface area contributed by atoms with E-state index in [1.165, 1.54) is 5.57 Å². The monoisotopic (exact) mass is 181 g/mol. The van der Waals surface area contributed by atoms with Gasteiger partial charge in [-0.05, 0) is 36.5 Å². The highest BCUT2D eigenvalue weighted by Crippen LogP contribution is 2.27. The lowest BCUT2D eigenvalue weighted by Crippen LogP contribution is -2.10. The Hall–Kier alpha value is -0.980. The van der Waals surface area contributed by atoms with E-state index in [-0.39, 0.29) is 6.84 Å². The molecule has 0 aromatic carbocycles. The summed E-state index contributed by atoms with van der Waals surface area (Å²) in [6.07, 6.45) is 4.10. The van der Waals surface area contributed by atoms with Crippen molar-refractivity contribution in [1.29, 1.82) is 0 Å². The predicted molar refractivity (Wildman–Crippen MR) is 62.4 cm³/mol. The van der Waals surface area contributed by atoms with Crippen molar-refractivity contribution in [2.24, 2.45) is 11.1 Å². The van der Waals surface area contributed by atoms with Crippen molar-refractivity contribution in [3.05, 3.63) is 35.6 Å². The van der Waals surface area contributed by atoms with Crippen LogP contribution in [0.15, 0.2) is 35.6 Å². The Balaban J connectivity index is 0. The molecule has 0 aliphatic heterocycles. The molecule has 0 rings (SSSR count). The molecule has 1 heteroatoms. The molecule has 2 N–H and O–H groups in total. The van der Waals surface area contributed by atoms with Gasteiger partial charge in [0.25, 0.3) is 0 Å². The van der Waals surface area contributed by atoms with Gasteiger partial charge in [-0.1, -0.05) is 33.4 Å². The standard InChI is InChI=1S/C12H21N.H2/c1-7-10(12(4,5)6)8-11(13)9(2)3;/h7-8H,2,13H2,1,3-6H3;1H/b10-7+,11-8+;. The fourth-order valence-corrected chi connectivity index (χ4v) is 1.02. The van der Waals surface area contributed by atoms with Crippen molar-refractivity contribution in [1.82, 2.24) is 0 Å². The third kappa shape index (κ3) is 3.97. The molecular formula is C12H23N. The van der Waals surface area contributed by atoms with Crippen molar-refractivity contribution >= 4 is 0 Å². The maximum absolute atomic E-state index is 5.81. The number of rotatable bonds is 2. The Labute approximate surface area is 83.5 Å². The van der Waals surface area contributed by atoms with Crippen LogP contribution in [0.1, 0.15) is 36.0 Å². The van der Waals surface area contributed by atoms with Crippen LogP contribution in [0.25, 0.3) is 0 Å². The normalized spacial score (nSPS) is 14.5. The van der Waals surface area contributed by atoms with E-state index in [4.69, 9.17) is 5.73 Å². The van der Waals surface area contributed by atoms with Crippen LogP contribution in [-0.2, 0) is 0 Å². The molecule has 0 atom stereocenters. The molecule has 0 bridgehead atoms. The second-order valence-corrected chi connectivity index (χ2v) is 4.37. The molecule has 0 unspecified atom stereocenters. The zero-order chi connectivity index (χ0) is 10.6. The minimum absolute atomic E-state index is 0. The number of nitrogens with two attached hydrogens (primary N) is 1. The lowest BCUT2D eigenvalue weighted by molar-refractivity contribution is 0.515. The van der Waals surface area contributed by atoms with Gasteiger partial charge in [0, 0.05) is 7.12 Å². The van der Waals surface area contributed by atoms with Crippen molar-refractivity contribution in [2.75, 3.05) is 0 Å². The van der Waals surface area contributed by atoms with E-state index in [0.717, 1.165) is 11.3 Å². The Morgan fingerprint density at radius 1 is 1.38 bits per heavy atom. The molecule has 0 radical (unpaired) electrons. The summed E-state index contributed by atoms with van der Waals surface area (Å²) in [6.45, 7) is 14.3. The van der Waals surface area contributed by atoms with E-state index in [9.17, 15) is 0 Å². The first-order valence-corrected chi connectivity index (χ1v) is 4.59. The summed E-state index contributed by atoms with van der Waals surface area (Å²) in [5.74, 6) is 0. The molecule has 0 heterocycles. The van der Waals surface area contributed by atoms with E-state index >= 15 is 0 Å². The molecule has 0 saturated carbocycles. The molecule has 1 nitrogen and oxygen atoms in total. The highest BCUT2D eigenvalue weighted by atomic mass is 14.6. The van der Waals surface area contributed by atoms with Crippen LogP contribution in [0.4, 0.5) is 0 Å². The Morgan fingerprint density at radius 3 is 2.08 bits per heavy atom. The topological polar surface area (TPSA) is 26.0 Å². The summed E-state index contributed by atoms with van der Waals surface area (Å²) >= 11 is 0. The second kappa shape index (κ2) is 4.31. The zero-order valence-electron chi connectivity index (χ0n) is 9.44. The third-order valence-electron chi connectivity index (χ3n) is 1.98. The number of hydrogen-bond donors (Lipinski definition) is 1. The van der Waals surface area contributed by atoms with Gasteiger partial charge in [-0.25, -0.2) is 0 Å². The van der Waals surface area contributed by atoms with Crippen molar-refractivity contribution in [3.8, 4) is 0 Å². The predicted octanol–water partition coefficient (Wildman–Crippen LogP) is 3.64. The van der Waals surface area contributed by atoms with E-state index < -0.39 is 0 Å². The summed E-state index contributed by atoms with van der Waals surface area (Å²) in [6, 6.07) is 0. The zero-order valence-corrected chi connectivity index (χ0v) is 9.44. The van der Waals surface area contributed by atoms with Crippen molar-refractivity contribution in [3.63, 3.8) is 0 Å². The molecule has 76 valence electrons. The minimum Gasteiger partial charge on any atom is -0.399 e. The molecule has 0 saturated heterocycles. The average Bonchev–Trinajstić information content (AvgIpc) is 1.96. The van der Waals surface area contributed by atoms with Crippen molar-refractivity contribution in [2.45, 2.75) is 34.6 Å². The Morgan fingerprint density at radius 2 is 1.85 bits per heavy atom. The van der Waals surface area contributed by atoms with Gasteiger partial charge in [0.1, 0.15) is 0 Å². The second-order valence-electron chi connectivity index (χ2n) is 4.37. The van der Waals surface area contributed by atoms with Gasteiger partial charge in [-0.15, -0.1) is 0 Å². The molecule has 0 aliphatic carbocycles. The minimum atomic E-state index is 0. The average molecular weight is 181 g/mol. The highest BCUT2D eigenvalue weighted by Gasteiger charge is 2.14. The van der Waals surface area contributed by atoms with Gasteiger partial charge in [0.2, 0.25) is 0 Å². The summed E-state index contributed by atoms with van der Waals surface area (Å²) in [5, 5.41) is 0. The molecule has 0 aromatic heterocycles. The van der Waals surface area contributed by atoms with Crippen LogP contribution < -0.4 is 5.73 Å². The van der Waals surface area contributed by atoms with Crippen LogP contribution in [0, 0.1) is 5.41 Å². The van der Waals surface area contributed by atoms with Gasteiger partial charge in [0.05, 0.1) is 0 Å². The quantitative estimate of drug-likeness (QED) is 0.647. The highest BCUT2D eigenvalue weighted by molar-refractivity contribution is 5.34. The first-order valence-electron chi connectivity index (χ1n) is 4.59. The number of allylic oxidation sites excluding steroid dienone is 4. The van der Waals surface area contributed by atoms with Gasteiger partial charge in [-0.3, -0.25) is 0 Å². The molecule has 0 amide bonds. The van der Waals surface area contributed by atoms with Crippen LogP contribution in [0.5, 0.6) is 0 Å².